The van der Waals surface area contributed by atoms with Gasteiger partial charge in [-0.1, -0.05) is 13.8 Å². The third-order valence-electron chi connectivity index (χ3n) is 5.46. The molecule has 0 amide bonds. The minimum absolute atomic E-state index is 0.0953. The van der Waals surface area contributed by atoms with Gasteiger partial charge < -0.3 is 9.64 Å². The molecular weight excluding hydrogens is 350 g/mol. The Morgan fingerprint density at radius 3 is 2.19 bits per heavy atom. The van der Waals surface area contributed by atoms with Crippen molar-refractivity contribution in [2.75, 3.05) is 12.0 Å². The van der Waals surface area contributed by atoms with Gasteiger partial charge in [0.2, 0.25) is 0 Å². The van der Waals surface area contributed by atoms with Crippen molar-refractivity contribution in [2.45, 2.75) is 38.8 Å². The van der Waals surface area contributed by atoms with E-state index in [1.54, 1.807) is 7.11 Å². The Bertz CT molecular complexity index is 893. The molecule has 0 aromatic heterocycles. The van der Waals surface area contributed by atoms with E-state index in [-0.39, 0.29) is 22.8 Å². The molecule has 142 valence electrons. The second-order valence-electron chi connectivity index (χ2n) is 7.28. The van der Waals surface area contributed by atoms with E-state index in [1.165, 1.54) is 12.1 Å². The first kappa shape index (κ1) is 18.6. The second-order valence-corrected chi connectivity index (χ2v) is 7.28. The normalized spacial score (nSPS) is 17.5. The van der Waals surface area contributed by atoms with Crippen LogP contribution in [0.5, 0.6) is 5.75 Å². The van der Waals surface area contributed by atoms with Gasteiger partial charge in [0.15, 0.2) is 0 Å². The summed E-state index contributed by atoms with van der Waals surface area (Å²) in [4.78, 5) is 23.2. The number of methoxy groups -OCH3 is 1. The van der Waals surface area contributed by atoms with Crippen LogP contribution in [0, 0.1) is 20.2 Å². The van der Waals surface area contributed by atoms with Gasteiger partial charge in [-0.15, -0.1) is 0 Å². The minimum Gasteiger partial charge on any atom is -0.497 e. The highest BCUT2D eigenvalue weighted by atomic mass is 16.6. The summed E-state index contributed by atoms with van der Waals surface area (Å²) in [6.45, 7) is 6.68. The quantitative estimate of drug-likeness (QED) is 0.577. The molecule has 0 aliphatic carbocycles. The number of ether oxygens (including phenoxy) is 1. The van der Waals surface area contributed by atoms with E-state index < -0.39 is 9.85 Å². The Morgan fingerprint density at radius 1 is 1.07 bits per heavy atom. The van der Waals surface area contributed by atoms with Crippen molar-refractivity contribution < 1.29 is 14.6 Å². The average molecular weight is 371 g/mol. The Balaban J connectivity index is 2.04. The van der Waals surface area contributed by atoms with Crippen LogP contribution in [-0.2, 0) is 12.0 Å². The van der Waals surface area contributed by atoms with Crippen LogP contribution in [0.25, 0.3) is 0 Å². The molecule has 1 unspecified atom stereocenters. The summed E-state index contributed by atoms with van der Waals surface area (Å²) >= 11 is 0. The third-order valence-corrected chi connectivity index (χ3v) is 5.46. The van der Waals surface area contributed by atoms with Crippen molar-refractivity contribution >= 4 is 17.1 Å². The first-order chi connectivity index (χ1) is 12.6. The lowest BCUT2D eigenvalue weighted by atomic mass is 9.81. The summed E-state index contributed by atoms with van der Waals surface area (Å²) in [6, 6.07) is 9.71. The monoisotopic (exact) mass is 371 g/mol. The van der Waals surface area contributed by atoms with Crippen LogP contribution in [0.1, 0.15) is 31.9 Å². The van der Waals surface area contributed by atoms with Gasteiger partial charge in [-0.25, -0.2) is 0 Å². The number of anilines is 1. The molecule has 0 fully saturated rings. The summed E-state index contributed by atoms with van der Waals surface area (Å²) in [5.41, 5.74) is 1.93. The fraction of sp³-hybridized carbons (Fsp3) is 0.368. The lowest BCUT2D eigenvalue weighted by Gasteiger charge is -2.31. The van der Waals surface area contributed by atoms with Crippen molar-refractivity contribution in [3.63, 3.8) is 0 Å². The predicted octanol–water partition coefficient (Wildman–Crippen LogP) is 4.20. The molecule has 2 aromatic carbocycles. The van der Waals surface area contributed by atoms with Crippen LogP contribution in [0.3, 0.4) is 0 Å². The van der Waals surface area contributed by atoms with Gasteiger partial charge in [-0.2, -0.15) is 0 Å². The maximum Gasteiger partial charge on any atom is 0.276 e. The van der Waals surface area contributed by atoms with Gasteiger partial charge in [0, 0.05) is 35.8 Å². The zero-order valence-electron chi connectivity index (χ0n) is 15.6. The number of nitrogens with zero attached hydrogens (tertiary/aromatic N) is 3. The highest BCUT2D eigenvalue weighted by molar-refractivity contribution is 5.66. The molecule has 0 N–H and O–H groups in total. The molecule has 27 heavy (non-hydrogen) atoms. The third kappa shape index (κ3) is 3.18. The fourth-order valence-corrected chi connectivity index (χ4v) is 3.61. The lowest BCUT2D eigenvalue weighted by molar-refractivity contribution is -0.394. The summed E-state index contributed by atoms with van der Waals surface area (Å²) < 4.78 is 5.34. The number of benzene rings is 2. The molecule has 1 heterocycles. The number of rotatable bonds is 5. The van der Waals surface area contributed by atoms with Crippen LogP contribution in [0.2, 0.25) is 0 Å². The second kappa shape index (κ2) is 6.53. The largest absolute Gasteiger partial charge is 0.497 e. The minimum atomic E-state index is -0.605. The standard InChI is InChI=1S/C19H21N3O5/c1-12-19(2,3)17-10-16(27-4)5-6-18(17)20(12)11-13-7-14(21(23)24)9-15(8-13)22(25)26/h5-10,12H,11H2,1-4H3. The molecule has 8 heteroatoms. The fourth-order valence-electron chi connectivity index (χ4n) is 3.61. The molecule has 0 saturated carbocycles. The summed E-state index contributed by atoms with van der Waals surface area (Å²) in [5.74, 6) is 0.766. The highest BCUT2D eigenvalue weighted by Gasteiger charge is 2.42. The lowest BCUT2D eigenvalue weighted by Crippen LogP contribution is -2.38. The number of fused-ring (bicyclic) bond motifs is 1. The molecule has 0 saturated heterocycles. The molecule has 8 nitrogen and oxygen atoms in total. The number of nitro groups is 2. The van der Waals surface area contributed by atoms with Crippen molar-refractivity contribution in [1.29, 1.82) is 0 Å². The van der Waals surface area contributed by atoms with E-state index in [4.69, 9.17) is 4.74 Å². The van der Waals surface area contributed by atoms with E-state index in [9.17, 15) is 20.2 Å². The zero-order valence-corrected chi connectivity index (χ0v) is 15.6. The van der Waals surface area contributed by atoms with Crippen molar-refractivity contribution in [3.8, 4) is 5.75 Å². The highest BCUT2D eigenvalue weighted by Crippen LogP contribution is 2.47. The van der Waals surface area contributed by atoms with Crippen LogP contribution >= 0.6 is 0 Å². The molecule has 0 spiro atoms. The molecule has 1 aliphatic heterocycles. The number of hydrogen-bond donors (Lipinski definition) is 0. The van der Waals surface area contributed by atoms with Crippen LogP contribution in [0.15, 0.2) is 36.4 Å². The Hall–Kier alpha value is -3.16. The maximum atomic E-state index is 11.2. The summed E-state index contributed by atoms with van der Waals surface area (Å²) in [5, 5.41) is 22.3. The Kier molecular flexibility index (Phi) is 4.51. The van der Waals surface area contributed by atoms with E-state index >= 15 is 0 Å². The number of nitro benzene ring substituents is 2. The van der Waals surface area contributed by atoms with Gasteiger partial charge in [-0.05, 0) is 36.2 Å². The topological polar surface area (TPSA) is 98.8 Å². The predicted molar refractivity (Wildman–Crippen MR) is 101 cm³/mol. The molecule has 2 aromatic rings. The maximum absolute atomic E-state index is 11.2. The van der Waals surface area contributed by atoms with Crippen molar-refractivity contribution in [2.24, 2.45) is 0 Å². The zero-order chi connectivity index (χ0) is 19.9. The van der Waals surface area contributed by atoms with Gasteiger partial charge in [0.25, 0.3) is 11.4 Å². The molecular formula is C19H21N3O5. The van der Waals surface area contributed by atoms with E-state index in [0.717, 1.165) is 23.1 Å². The van der Waals surface area contributed by atoms with Crippen LogP contribution in [-0.4, -0.2) is 23.0 Å². The van der Waals surface area contributed by atoms with E-state index in [0.29, 0.717) is 12.1 Å². The van der Waals surface area contributed by atoms with Crippen molar-refractivity contribution in [3.05, 3.63) is 67.8 Å². The van der Waals surface area contributed by atoms with Gasteiger partial charge in [0.1, 0.15) is 5.75 Å². The summed E-state index contributed by atoms with van der Waals surface area (Å²) in [7, 11) is 1.62. The van der Waals surface area contributed by atoms with Crippen LogP contribution < -0.4 is 9.64 Å². The molecule has 0 bridgehead atoms. The van der Waals surface area contributed by atoms with Gasteiger partial charge >= 0.3 is 0 Å². The molecule has 1 aliphatic rings. The van der Waals surface area contributed by atoms with Crippen LogP contribution in [0.4, 0.5) is 17.1 Å². The van der Waals surface area contributed by atoms with Crippen molar-refractivity contribution in [1.82, 2.24) is 0 Å². The molecule has 0 radical (unpaired) electrons. The van der Waals surface area contributed by atoms with E-state index in [1.807, 2.05) is 18.2 Å². The smallest absolute Gasteiger partial charge is 0.276 e. The first-order valence-corrected chi connectivity index (χ1v) is 8.53. The average Bonchev–Trinajstić information content (AvgIpc) is 2.81. The summed E-state index contributed by atoms with van der Waals surface area (Å²) in [6.07, 6.45) is 0. The van der Waals surface area contributed by atoms with E-state index in [2.05, 4.69) is 25.7 Å². The Morgan fingerprint density at radius 2 is 1.67 bits per heavy atom. The number of non-ortho nitro benzene ring substituents is 2. The SMILES string of the molecule is COc1ccc2c(c1)C(C)(C)C(C)N2Cc1cc([N+](=O)[O-])cc([N+](=O)[O-])c1. The van der Waals surface area contributed by atoms with Gasteiger partial charge in [0.05, 0.1) is 23.0 Å². The molecule has 1 atom stereocenters. The molecule has 3 rings (SSSR count). The van der Waals surface area contributed by atoms with Gasteiger partial charge in [-0.3, -0.25) is 20.2 Å². The first-order valence-electron chi connectivity index (χ1n) is 8.53. The Labute approximate surface area is 156 Å². The number of hydrogen-bond acceptors (Lipinski definition) is 6.